The number of allylic oxidation sites excluding steroid dienone is 1. The molecule has 1 aliphatic heterocycles. The van der Waals surface area contributed by atoms with Gasteiger partial charge in [0.05, 0.1) is 0 Å². The fourth-order valence-corrected chi connectivity index (χ4v) is 0.605. The molecule has 3 nitrogen and oxygen atoms in total. The molecule has 0 bridgehead atoms. The van der Waals surface area contributed by atoms with Gasteiger partial charge >= 0.3 is 0 Å². The summed E-state index contributed by atoms with van der Waals surface area (Å²) in [5.41, 5.74) is -0.778. The monoisotopic (exact) mass is 142 g/mol. The molecule has 0 aromatic carbocycles. The third kappa shape index (κ3) is 1.29. The number of ether oxygens (including phenoxy) is 2. The van der Waals surface area contributed by atoms with Gasteiger partial charge in [-0.05, 0) is 13.8 Å². The molecule has 0 fully saturated rings. The number of aldehydes is 1. The van der Waals surface area contributed by atoms with Crippen molar-refractivity contribution in [3.05, 3.63) is 12.0 Å². The maximum atomic E-state index is 10.4. The van der Waals surface area contributed by atoms with E-state index in [-0.39, 0.29) is 0 Å². The summed E-state index contributed by atoms with van der Waals surface area (Å²) < 4.78 is 10.2. The molecule has 10 heavy (non-hydrogen) atoms. The molecule has 0 spiro atoms. The predicted molar refractivity (Wildman–Crippen MR) is 35.3 cm³/mol. The van der Waals surface area contributed by atoms with Gasteiger partial charge in [0.2, 0.25) is 0 Å². The van der Waals surface area contributed by atoms with Crippen LogP contribution in [0, 0.1) is 0 Å². The fourth-order valence-electron chi connectivity index (χ4n) is 0.605. The number of hydrogen-bond donors (Lipinski definition) is 0. The first kappa shape index (κ1) is 7.12. The van der Waals surface area contributed by atoms with Crippen molar-refractivity contribution >= 4 is 6.29 Å². The molecule has 0 aromatic rings. The topological polar surface area (TPSA) is 35.5 Å². The van der Waals surface area contributed by atoms with Crippen molar-refractivity contribution in [2.45, 2.75) is 19.4 Å². The van der Waals surface area contributed by atoms with Gasteiger partial charge < -0.3 is 9.47 Å². The molecule has 0 saturated heterocycles. The van der Waals surface area contributed by atoms with E-state index in [0.717, 1.165) is 6.29 Å². The predicted octanol–water partition coefficient (Wildman–Crippen LogP) is 0.852. The lowest BCUT2D eigenvalue weighted by molar-refractivity contribution is -0.131. The zero-order chi connectivity index (χ0) is 7.61. The lowest BCUT2D eigenvalue weighted by Gasteiger charge is -2.27. The lowest BCUT2D eigenvalue weighted by Crippen LogP contribution is -2.36. The third-order valence-corrected chi connectivity index (χ3v) is 1.33. The van der Waals surface area contributed by atoms with Crippen molar-refractivity contribution in [1.82, 2.24) is 0 Å². The maximum absolute atomic E-state index is 10.4. The molecule has 0 radical (unpaired) electrons. The van der Waals surface area contributed by atoms with Crippen LogP contribution in [0.3, 0.4) is 0 Å². The molecule has 1 heterocycles. The second kappa shape index (κ2) is 2.33. The zero-order valence-corrected chi connectivity index (χ0v) is 6.09. The normalized spacial score (nSPS) is 31.6. The first-order chi connectivity index (χ1) is 4.66. The molecule has 1 unspecified atom stereocenters. The summed E-state index contributed by atoms with van der Waals surface area (Å²) in [4.78, 5) is 10.4. The highest BCUT2D eigenvalue weighted by atomic mass is 16.6. The molecule has 0 aliphatic carbocycles. The molecule has 1 aliphatic rings. The Hall–Kier alpha value is -0.990. The minimum absolute atomic E-state index is 0.304. The molecule has 0 amide bonds. The Labute approximate surface area is 59.6 Å². The number of hydrogen-bond acceptors (Lipinski definition) is 3. The summed E-state index contributed by atoms with van der Waals surface area (Å²) in [6.45, 7) is 3.77. The Bertz CT molecular complexity index is 174. The van der Waals surface area contributed by atoms with Gasteiger partial charge in [-0.15, -0.1) is 0 Å². The number of carbonyl (C=O) groups excluding carboxylic acids is 1. The van der Waals surface area contributed by atoms with E-state index in [9.17, 15) is 4.79 Å². The van der Waals surface area contributed by atoms with E-state index in [0.29, 0.717) is 12.4 Å². The summed E-state index contributed by atoms with van der Waals surface area (Å²) in [7, 11) is 0. The van der Waals surface area contributed by atoms with Crippen LogP contribution in [-0.2, 0) is 14.3 Å². The number of rotatable bonds is 1. The van der Waals surface area contributed by atoms with Crippen LogP contribution in [-0.4, -0.2) is 18.5 Å². The van der Waals surface area contributed by atoms with Gasteiger partial charge in [0.1, 0.15) is 18.6 Å². The highest BCUT2D eigenvalue weighted by molar-refractivity contribution is 5.62. The first-order valence-corrected chi connectivity index (χ1v) is 3.10. The van der Waals surface area contributed by atoms with Crippen molar-refractivity contribution in [2.24, 2.45) is 0 Å². The smallest absolute Gasteiger partial charge is 0.194 e. The van der Waals surface area contributed by atoms with Crippen LogP contribution in [0.25, 0.3) is 0 Å². The maximum Gasteiger partial charge on any atom is 0.194 e. The van der Waals surface area contributed by atoms with Crippen molar-refractivity contribution in [3.8, 4) is 0 Å². The quantitative estimate of drug-likeness (QED) is 0.509. The van der Waals surface area contributed by atoms with Crippen LogP contribution in [0.2, 0.25) is 0 Å². The zero-order valence-electron chi connectivity index (χ0n) is 6.09. The van der Waals surface area contributed by atoms with Gasteiger partial charge in [-0.2, -0.15) is 0 Å². The average molecular weight is 142 g/mol. The Morgan fingerprint density at radius 2 is 2.50 bits per heavy atom. The SMILES string of the molecule is CC1=COC(C)(C=O)CO1. The summed E-state index contributed by atoms with van der Waals surface area (Å²) in [5.74, 6) is 0.708. The van der Waals surface area contributed by atoms with E-state index < -0.39 is 5.60 Å². The average Bonchev–Trinajstić information content (AvgIpc) is 1.96. The Kier molecular flexibility index (Phi) is 1.66. The van der Waals surface area contributed by atoms with Crippen LogP contribution < -0.4 is 0 Å². The number of carbonyl (C=O) groups is 1. The summed E-state index contributed by atoms with van der Waals surface area (Å²) in [5, 5.41) is 0. The molecular weight excluding hydrogens is 132 g/mol. The highest BCUT2D eigenvalue weighted by Crippen LogP contribution is 2.16. The summed E-state index contributed by atoms with van der Waals surface area (Å²) >= 11 is 0. The van der Waals surface area contributed by atoms with Crippen molar-refractivity contribution in [1.29, 1.82) is 0 Å². The Balaban J connectivity index is 2.64. The van der Waals surface area contributed by atoms with E-state index in [1.165, 1.54) is 6.26 Å². The van der Waals surface area contributed by atoms with Gasteiger partial charge in [0, 0.05) is 0 Å². The molecule has 3 heteroatoms. The van der Waals surface area contributed by atoms with E-state index in [1.807, 2.05) is 0 Å². The van der Waals surface area contributed by atoms with Crippen LogP contribution in [0.1, 0.15) is 13.8 Å². The minimum Gasteiger partial charge on any atom is -0.490 e. The highest BCUT2D eigenvalue weighted by Gasteiger charge is 2.28. The molecule has 1 atom stereocenters. The second-order valence-electron chi connectivity index (χ2n) is 2.57. The standard InChI is InChI=1S/C7H10O3/c1-6-3-10-7(2,4-8)5-9-6/h3-4H,5H2,1-2H3. The Morgan fingerprint density at radius 3 is 2.90 bits per heavy atom. The molecule has 1 rings (SSSR count). The third-order valence-electron chi connectivity index (χ3n) is 1.33. The van der Waals surface area contributed by atoms with E-state index in [2.05, 4.69) is 0 Å². The van der Waals surface area contributed by atoms with Gasteiger partial charge in [0.25, 0.3) is 0 Å². The van der Waals surface area contributed by atoms with Crippen LogP contribution in [0.5, 0.6) is 0 Å². The molecular formula is C7H10O3. The van der Waals surface area contributed by atoms with Gasteiger partial charge in [-0.25, -0.2) is 0 Å². The van der Waals surface area contributed by atoms with E-state index in [4.69, 9.17) is 9.47 Å². The first-order valence-electron chi connectivity index (χ1n) is 3.10. The lowest BCUT2D eigenvalue weighted by atomic mass is 10.1. The minimum atomic E-state index is -0.778. The van der Waals surface area contributed by atoms with Gasteiger partial charge in [0.15, 0.2) is 11.9 Å². The van der Waals surface area contributed by atoms with Gasteiger partial charge in [-0.3, -0.25) is 4.79 Å². The summed E-state index contributed by atoms with van der Waals surface area (Å²) in [6.07, 6.45) is 2.20. The second-order valence-corrected chi connectivity index (χ2v) is 2.57. The molecule has 0 aromatic heterocycles. The van der Waals surface area contributed by atoms with Crippen molar-refractivity contribution < 1.29 is 14.3 Å². The van der Waals surface area contributed by atoms with Gasteiger partial charge in [-0.1, -0.05) is 0 Å². The Morgan fingerprint density at radius 1 is 1.80 bits per heavy atom. The van der Waals surface area contributed by atoms with Crippen LogP contribution in [0.15, 0.2) is 12.0 Å². The fraction of sp³-hybridized carbons (Fsp3) is 0.571. The largest absolute Gasteiger partial charge is 0.490 e. The van der Waals surface area contributed by atoms with Crippen LogP contribution in [0.4, 0.5) is 0 Å². The molecule has 0 saturated carbocycles. The van der Waals surface area contributed by atoms with Crippen molar-refractivity contribution in [2.75, 3.05) is 6.61 Å². The molecule has 0 N–H and O–H groups in total. The molecule has 56 valence electrons. The summed E-state index contributed by atoms with van der Waals surface area (Å²) in [6, 6.07) is 0. The van der Waals surface area contributed by atoms with E-state index >= 15 is 0 Å². The van der Waals surface area contributed by atoms with Crippen LogP contribution >= 0.6 is 0 Å². The van der Waals surface area contributed by atoms with Crippen molar-refractivity contribution in [3.63, 3.8) is 0 Å². The van der Waals surface area contributed by atoms with E-state index in [1.54, 1.807) is 13.8 Å².